The monoisotopic (exact) mass is 282 g/mol. The molecule has 0 saturated carbocycles. The molecule has 0 aliphatic rings. The zero-order chi connectivity index (χ0) is 14.6. The molecule has 2 aromatic carbocycles. The van der Waals surface area contributed by atoms with Crippen LogP contribution in [0.2, 0.25) is 5.04 Å². The second-order valence-electron chi connectivity index (χ2n) is 5.99. The summed E-state index contributed by atoms with van der Waals surface area (Å²) in [5.41, 5.74) is 0. The van der Waals surface area contributed by atoms with Gasteiger partial charge >= 0.3 is 0 Å². The summed E-state index contributed by atoms with van der Waals surface area (Å²) in [4.78, 5) is 0. The molecule has 0 bridgehead atoms. The van der Waals surface area contributed by atoms with Crippen LogP contribution >= 0.6 is 0 Å². The van der Waals surface area contributed by atoms with E-state index in [4.69, 9.17) is 4.78 Å². The standard InChI is InChI=1S/C17H22N2Si/c1-17(2,3)20(19-18-4,15-11-7-5-8-12-15)16-13-9-6-10-14-16/h5-14H,1-4H3. The predicted octanol–water partition coefficient (Wildman–Crippen LogP) is 3.63. The molecule has 0 heterocycles. The van der Waals surface area contributed by atoms with Crippen molar-refractivity contribution in [2.75, 3.05) is 7.05 Å². The van der Waals surface area contributed by atoms with Crippen LogP contribution in [0.15, 0.2) is 70.6 Å². The Morgan fingerprint density at radius 2 is 1.15 bits per heavy atom. The lowest BCUT2D eigenvalue weighted by Gasteiger charge is -2.38. The normalized spacial score (nSPS) is 12.8. The van der Waals surface area contributed by atoms with Crippen LogP contribution in [0, 0.1) is 0 Å². The molecular weight excluding hydrogens is 260 g/mol. The molecule has 3 heteroatoms. The van der Waals surface area contributed by atoms with Crippen molar-refractivity contribution in [1.29, 1.82) is 0 Å². The Labute approximate surface area is 122 Å². The maximum absolute atomic E-state index is 4.83. The minimum atomic E-state index is -2.29. The highest BCUT2D eigenvalue weighted by molar-refractivity contribution is 7.02. The predicted molar refractivity (Wildman–Crippen MR) is 88.4 cm³/mol. The van der Waals surface area contributed by atoms with Gasteiger partial charge in [-0.2, -0.15) is 0 Å². The van der Waals surface area contributed by atoms with E-state index in [0.717, 1.165) is 0 Å². The van der Waals surface area contributed by atoms with Crippen LogP contribution in [0.4, 0.5) is 0 Å². The lowest BCUT2D eigenvalue weighted by Crippen LogP contribution is -2.62. The van der Waals surface area contributed by atoms with Gasteiger partial charge in [-0.15, -0.1) is 0 Å². The molecule has 2 aromatic rings. The van der Waals surface area contributed by atoms with E-state index in [-0.39, 0.29) is 5.04 Å². The Hall–Kier alpha value is -1.74. The fourth-order valence-corrected chi connectivity index (χ4v) is 7.05. The van der Waals surface area contributed by atoms with Crippen molar-refractivity contribution in [3.8, 4) is 0 Å². The molecule has 2 rings (SSSR count). The summed E-state index contributed by atoms with van der Waals surface area (Å²) in [6.45, 7) is 6.82. The largest absolute Gasteiger partial charge is 0.275 e. The van der Waals surface area contributed by atoms with E-state index >= 15 is 0 Å². The van der Waals surface area contributed by atoms with Gasteiger partial charge in [0.15, 0.2) is 0 Å². The van der Waals surface area contributed by atoms with Crippen LogP contribution in [-0.4, -0.2) is 15.3 Å². The molecule has 0 aromatic heterocycles. The third-order valence-corrected chi connectivity index (χ3v) is 8.73. The average molecular weight is 282 g/mol. The Morgan fingerprint density at radius 1 is 0.750 bits per heavy atom. The number of hydrogen-bond donors (Lipinski definition) is 0. The zero-order valence-corrected chi connectivity index (χ0v) is 13.7. The molecule has 2 nitrogen and oxygen atoms in total. The zero-order valence-electron chi connectivity index (χ0n) is 12.7. The van der Waals surface area contributed by atoms with Gasteiger partial charge in [-0.05, 0) is 15.4 Å². The molecule has 0 radical (unpaired) electrons. The topological polar surface area (TPSA) is 24.7 Å². The first kappa shape index (κ1) is 14.7. The molecule has 104 valence electrons. The molecule has 0 saturated heterocycles. The summed E-state index contributed by atoms with van der Waals surface area (Å²) in [6.07, 6.45) is 0. The highest BCUT2D eigenvalue weighted by Crippen LogP contribution is 2.36. The maximum atomic E-state index is 4.83. The first-order valence-electron chi connectivity index (χ1n) is 6.94. The van der Waals surface area contributed by atoms with Gasteiger partial charge < -0.3 is 0 Å². The van der Waals surface area contributed by atoms with Gasteiger partial charge in [0.1, 0.15) is 0 Å². The number of benzene rings is 2. The molecule has 0 aliphatic carbocycles. The van der Waals surface area contributed by atoms with Crippen molar-refractivity contribution in [3.05, 3.63) is 60.7 Å². The smallest absolute Gasteiger partial charge is 0.227 e. The summed E-state index contributed by atoms with van der Waals surface area (Å²) >= 11 is 0. The van der Waals surface area contributed by atoms with Crippen molar-refractivity contribution >= 4 is 18.6 Å². The van der Waals surface area contributed by atoms with Crippen LogP contribution in [0.5, 0.6) is 0 Å². The quantitative estimate of drug-likeness (QED) is 0.607. The highest BCUT2D eigenvalue weighted by Gasteiger charge is 2.49. The van der Waals surface area contributed by atoms with Gasteiger partial charge in [0.25, 0.3) is 8.24 Å². The van der Waals surface area contributed by atoms with Crippen molar-refractivity contribution in [3.63, 3.8) is 0 Å². The van der Waals surface area contributed by atoms with Crippen LogP contribution in [0.25, 0.3) is 0 Å². The molecule has 0 atom stereocenters. The minimum absolute atomic E-state index is 0.0508. The molecular formula is C17H22N2Si. The van der Waals surface area contributed by atoms with Gasteiger partial charge in [0.05, 0.1) is 0 Å². The Kier molecular flexibility index (Phi) is 4.19. The molecule has 20 heavy (non-hydrogen) atoms. The molecule has 0 N–H and O–H groups in total. The van der Waals surface area contributed by atoms with Crippen LogP contribution < -0.4 is 10.4 Å². The van der Waals surface area contributed by atoms with E-state index in [1.54, 1.807) is 7.05 Å². The van der Waals surface area contributed by atoms with Gasteiger partial charge in [-0.3, -0.25) is 0 Å². The van der Waals surface area contributed by atoms with E-state index in [9.17, 15) is 0 Å². The third-order valence-electron chi connectivity index (χ3n) is 3.72. The molecule has 0 fully saturated rings. The lowest BCUT2D eigenvalue weighted by molar-refractivity contribution is 0.725. The van der Waals surface area contributed by atoms with Crippen LogP contribution in [-0.2, 0) is 0 Å². The molecule has 0 amide bonds. The van der Waals surface area contributed by atoms with Crippen LogP contribution in [0.3, 0.4) is 0 Å². The Bertz CT molecular complexity index is 531. The number of hydrogen-bond acceptors (Lipinski definition) is 2. The van der Waals surface area contributed by atoms with E-state index in [1.165, 1.54) is 10.4 Å². The fraction of sp³-hybridized carbons (Fsp3) is 0.294. The maximum Gasteiger partial charge on any atom is 0.275 e. The second kappa shape index (κ2) is 5.71. The van der Waals surface area contributed by atoms with E-state index in [0.29, 0.717) is 0 Å². The van der Waals surface area contributed by atoms with Gasteiger partial charge in [-0.25, -0.2) is 9.89 Å². The summed E-state index contributed by atoms with van der Waals surface area (Å²) in [6, 6.07) is 21.3. The van der Waals surface area contributed by atoms with E-state index in [2.05, 4.69) is 86.5 Å². The van der Waals surface area contributed by atoms with Crippen molar-refractivity contribution < 1.29 is 0 Å². The summed E-state index contributed by atoms with van der Waals surface area (Å²) < 4.78 is 4.83. The highest BCUT2D eigenvalue weighted by atomic mass is 28.3. The van der Waals surface area contributed by atoms with Crippen molar-refractivity contribution in [2.45, 2.75) is 25.8 Å². The Morgan fingerprint density at radius 3 is 1.45 bits per heavy atom. The molecule has 0 unspecified atom stereocenters. The number of rotatable bonds is 3. The first-order valence-corrected chi connectivity index (χ1v) is 8.89. The third kappa shape index (κ3) is 2.46. The van der Waals surface area contributed by atoms with Crippen LogP contribution in [0.1, 0.15) is 20.8 Å². The van der Waals surface area contributed by atoms with Gasteiger partial charge in [0.2, 0.25) is 0 Å². The lowest BCUT2D eigenvalue weighted by atomic mass is 10.2. The van der Waals surface area contributed by atoms with E-state index < -0.39 is 8.24 Å². The fourth-order valence-electron chi connectivity index (χ4n) is 2.81. The van der Waals surface area contributed by atoms with E-state index in [1.807, 2.05) is 0 Å². The molecule has 0 aliphatic heterocycles. The summed E-state index contributed by atoms with van der Waals surface area (Å²) in [5, 5.41) is 6.88. The van der Waals surface area contributed by atoms with Crippen molar-refractivity contribution in [1.82, 2.24) is 0 Å². The summed E-state index contributed by atoms with van der Waals surface area (Å²) in [5.74, 6) is 0. The van der Waals surface area contributed by atoms with Crippen molar-refractivity contribution in [2.24, 2.45) is 9.89 Å². The molecule has 0 spiro atoms. The second-order valence-corrected chi connectivity index (χ2v) is 10.3. The Balaban J connectivity index is 2.77. The van der Waals surface area contributed by atoms with Gasteiger partial charge in [-0.1, -0.05) is 81.4 Å². The van der Waals surface area contributed by atoms with Gasteiger partial charge in [0, 0.05) is 7.05 Å². The first-order chi connectivity index (χ1) is 9.52. The summed E-state index contributed by atoms with van der Waals surface area (Å²) in [7, 11) is -0.514. The average Bonchev–Trinajstić information content (AvgIpc) is 2.45. The number of nitrogens with zero attached hydrogens (tertiary/aromatic N) is 2. The minimum Gasteiger partial charge on any atom is -0.227 e. The SMILES string of the molecule is CN=N[Si](c1ccccc1)(c1ccccc1)C(C)(C)C.